The van der Waals surface area contributed by atoms with Gasteiger partial charge in [0.1, 0.15) is 0 Å². The highest BCUT2D eigenvalue weighted by molar-refractivity contribution is 7.97. The molecule has 1 N–H and O–H groups in total. The van der Waals surface area contributed by atoms with Crippen molar-refractivity contribution in [1.82, 2.24) is 15.0 Å². The lowest BCUT2D eigenvalue weighted by Gasteiger charge is -2.12. The average molecular weight is 337 g/mol. The molecule has 2 rings (SSSR count). The zero-order chi connectivity index (χ0) is 16.8. The van der Waals surface area contributed by atoms with E-state index < -0.39 is 5.97 Å². The first-order valence-corrected chi connectivity index (χ1v) is 7.83. The Morgan fingerprint density at radius 2 is 1.91 bits per heavy atom. The SMILES string of the molecule is COc1cc(OC)nc(Oc2c(CSC)ccnc2C(=O)O)n1. The molecule has 0 bridgehead atoms. The van der Waals surface area contributed by atoms with Gasteiger partial charge in [0, 0.05) is 17.5 Å². The molecule has 122 valence electrons. The standard InChI is InChI=1S/C14H15N3O5S/c1-20-9-6-10(21-2)17-14(16-9)22-12-8(7-23-3)4-5-15-11(12)13(18)19/h4-6H,7H2,1-3H3,(H,18,19). The van der Waals surface area contributed by atoms with Gasteiger partial charge in [0.15, 0.2) is 11.4 Å². The van der Waals surface area contributed by atoms with Crippen LogP contribution in [0, 0.1) is 0 Å². The Kier molecular flexibility index (Phi) is 5.58. The highest BCUT2D eigenvalue weighted by atomic mass is 32.2. The third-order valence-corrected chi connectivity index (χ3v) is 3.36. The molecule has 0 spiro atoms. The average Bonchev–Trinajstić information content (AvgIpc) is 2.55. The number of carboxylic acids is 1. The topological polar surface area (TPSA) is 104 Å². The molecule has 0 aliphatic carbocycles. The smallest absolute Gasteiger partial charge is 0.358 e. The Bertz CT molecular complexity index is 689. The first-order chi connectivity index (χ1) is 11.1. The van der Waals surface area contributed by atoms with Crippen molar-refractivity contribution in [1.29, 1.82) is 0 Å². The summed E-state index contributed by atoms with van der Waals surface area (Å²) >= 11 is 1.52. The molecule has 0 aliphatic heterocycles. The molecule has 0 aromatic carbocycles. The first-order valence-electron chi connectivity index (χ1n) is 6.44. The molecule has 23 heavy (non-hydrogen) atoms. The van der Waals surface area contributed by atoms with E-state index in [1.165, 1.54) is 38.2 Å². The largest absolute Gasteiger partial charge is 0.481 e. The summed E-state index contributed by atoms with van der Waals surface area (Å²) in [5.41, 5.74) is 0.470. The molecule has 9 heteroatoms. The Balaban J connectivity index is 2.48. The van der Waals surface area contributed by atoms with Gasteiger partial charge in [0.25, 0.3) is 0 Å². The lowest BCUT2D eigenvalue weighted by atomic mass is 10.2. The van der Waals surface area contributed by atoms with Crippen molar-refractivity contribution in [3.05, 3.63) is 29.6 Å². The number of carboxylic acid groups (broad SMARTS) is 1. The summed E-state index contributed by atoms with van der Waals surface area (Å²) in [6.07, 6.45) is 3.32. The lowest BCUT2D eigenvalue weighted by molar-refractivity contribution is 0.0687. The zero-order valence-corrected chi connectivity index (χ0v) is 13.6. The van der Waals surface area contributed by atoms with E-state index in [1.54, 1.807) is 6.07 Å². The number of ether oxygens (including phenoxy) is 3. The van der Waals surface area contributed by atoms with Crippen molar-refractivity contribution in [3.63, 3.8) is 0 Å². The molecule has 0 saturated heterocycles. The van der Waals surface area contributed by atoms with E-state index >= 15 is 0 Å². The quantitative estimate of drug-likeness (QED) is 0.814. The van der Waals surface area contributed by atoms with Crippen LogP contribution in [0.5, 0.6) is 23.5 Å². The van der Waals surface area contributed by atoms with Crippen LogP contribution in [0.4, 0.5) is 0 Å². The molecule has 8 nitrogen and oxygen atoms in total. The summed E-state index contributed by atoms with van der Waals surface area (Å²) in [6.45, 7) is 0. The minimum atomic E-state index is -1.20. The number of methoxy groups -OCH3 is 2. The monoisotopic (exact) mass is 337 g/mol. The number of hydrogen-bond acceptors (Lipinski definition) is 8. The van der Waals surface area contributed by atoms with Gasteiger partial charge >= 0.3 is 12.0 Å². The number of pyridine rings is 1. The summed E-state index contributed by atoms with van der Waals surface area (Å²) in [5, 5.41) is 9.30. The number of hydrogen-bond donors (Lipinski definition) is 1. The first kappa shape index (κ1) is 16.8. The molecule has 0 fully saturated rings. The van der Waals surface area contributed by atoms with E-state index in [4.69, 9.17) is 14.2 Å². The molecule has 0 aliphatic rings. The summed E-state index contributed by atoms with van der Waals surface area (Å²) < 4.78 is 15.7. The summed E-state index contributed by atoms with van der Waals surface area (Å²) in [5.74, 6) is -0.0697. The van der Waals surface area contributed by atoms with Gasteiger partial charge in [-0.1, -0.05) is 0 Å². The van der Waals surface area contributed by atoms with Crippen LogP contribution in [-0.2, 0) is 5.75 Å². The van der Waals surface area contributed by atoms with Gasteiger partial charge in [0.05, 0.1) is 20.3 Å². The lowest BCUT2D eigenvalue weighted by Crippen LogP contribution is -2.07. The fraction of sp³-hybridized carbons (Fsp3) is 0.286. The molecule has 2 aromatic rings. The second-order valence-electron chi connectivity index (χ2n) is 4.22. The van der Waals surface area contributed by atoms with Crippen LogP contribution in [0.25, 0.3) is 0 Å². The van der Waals surface area contributed by atoms with Crippen molar-refractivity contribution in [2.45, 2.75) is 5.75 Å². The number of aromatic nitrogens is 3. The van der Waals surface area contributed by atoms with Crippen LogP contribution in [-0.4, -0.2) is 46.5 Å². The normalized spacial score (nSPS) is 10.2. The predicted molar refractivity (Wildman–Crippen MR) is 83.6 cm³/mol. The van der Waals surface area contributed by atoms with Gasteiger partial charge in [-0.2, -0.15) is 21.7 Å². The Hall–Kier alpha value is -2.55. The molecule has 0 atom stereocenters. The molecule has 2 aromatic heterocycles. The van der Waals surface area contributed by atoms with E-state index in [1.807, 2.05) is 6.26 Å². The van der Waals surface area contributed by atoms with Crippen molar-refractivity contribution >= 4 is 17.7 Å². The van der Waals surface area contributed by atoms with Crippen LogP contribution in [0.2, 0.25) is 0 Å². The number of rotatable bonds is 7. The third-order valence-electron chi connectivity index (χ3n) is 2.76. The van der Waals surface area contributed by atoms with Crippen molar-refractivity contribution in [2.75, 3.05) is 20.5 Å². The molecular weight excluding hydrogens is 322 g/mol. The van der Waals surface area contributed by atoms with Crippen molar-refractivity contribution in [3.8, 4) is 23.5 Å². The second-order valence-corrected chi connectivity index (χ2v) is 5.09. The van der Waals surface area contributed by atoms with Crippen LogP contribution in [0.15, 0.2) is 18.3 Å². The van der Waals surface area contributed by atoms with Crippen LogP contribution in [0.3, 0.4) is 0 Å². The van der Waals surface area contributed by atoms with E-state index in [2.05, 4.69) is 15.0 Å². The summed E-state index contributed by atoms with van der Waals surface area (Å²) in [4.78, 5) is 23.3. The number of carbonyl (C=O) groups is 1. The maximum absolute atomic E-state index is 11.4. The van der Waals surface area contributed by atoms with Crippen LogP contribution < -0.4 is 14.2 Å². The second kappa shape index (κ2) is 7.63. The maximum Gasteiger partial charge on any atom is 0.358 e. The Morgan fingerprint density at radius 1 is 1.26 bits per heavy atom. The van der Waals surface area contributed by atoms with E-state index in [-0.39, 0.29) is 29.2 Å². The highest BCUT2D eigenvalue weighted by Gasteiger charge is 2.20. The molecule has 2 heterocycles. The van der Waals surface area contributed by atoms with Gasteiger partial charge in [-0.15, -0.1) is 0 Å². The zero-order valence-electron chi connectivity index (χ0n) is 12.8. The molecule has 0 radical (unpaired) electrons. The Morgan fingerprint density at radius 3 is 2.43 bits per heavy atom. The van der Waals surface area contributed by atoms with Crippen molar-refractivity contribution < 1.29 is 24.1 Å². The van der Waals surface area contributed by atoms with Gasteiger partial charge in [0.2, 0.25) is 11.8 Å². The number of aromatic carboxylic acids is 1. The predicted octanol–water partition coefficient (Wildman–Crippen LogP) is 2.24. The van der Waals surface area contributed by atoms with Crippen LogP contribution in [0.1, 0.15) is 16.1 Å². The molecule has 0 saturated carbocycles. The molecule has 0 unspecified atom stereocenters. The summed E-state index contributed by atoms with van der Waals surface area (Å²) in [6, 6.07) is 3.09. The Labute approximate surface area is 136 Å². The number of nitrogens with zero attached hydrogens (tertiary/aromatic N) is 3. The van der Waals surface area contributed by atoms with Gasteiger partial charge in [-0.05, 0) is 12.3 Å². The van der Waals surface area contributed by atoms with Gasteiger partial charge in [-0.25, -0.2) is 9.78 Å². The van der Waals surface area contributed by atoms with E-state index in [0.29, 0.717) is 11.3 Å². The minimum absolute atomic E-state index is 0.0842. The van der Waals surface area contributed by atoms with E-state index in [9.17, 15) is 9.90 Å². The minimum Gasteiger partial charge on any atom is -0.481 e. The fourth-order valence-corrected chi connectivity index (χ4v) is 2.29. The van der Waals surface area contributed by atoms with Crippen molar-refractivity contribution in [2.24, 2.45) is 0 Å². The number of thioether (sulfide) groups is 1. The van der Waals surface area contributed by atoms with E-state index in [0.717, 1.165) is 0 Å². The summed E-state index contributed by atoms with van der Waals surface area (Å²) in [7, 11) is 2.88. The molecular formula is C14H15N3O5S. The highest BCUT2D eigenvalue weighted by Crippen LogP contribution is 2.30. The van der Waals surface area contributed by atoms with Crippen LogP contribution >= 0.6 is 11.8 Å². The fourth-order valence-electron chi connectivity index (χ4n) is 1.75. The van der Waals surface area contributed by atoms with Gasteiger partial charge in [-0.3, -0.25) is 0 Å². The third kappa shape index (κ3) is 4.01. The molecule has 0 amide bonds. The maximum atomic E-state index is 11.4. The van der Waals surface area contributed by atoms with Gasteiger partial charge < -0.3 is 19.3 Å².